The van der Waals surface area contributed by atoms with E-state index >= 15 is 0 Å². The standard InChI is InChI=1S/C27H39ClO9/c1-5-6-10-34-25(32)12-16(2)11-22(31)27-24-14-19(36-27)13-21(30)20(28)9-7-8-17(3)23(35-18(4)29)15-26(33)37-24/h8-9,11,19,21-24,27,30-31H,5-7,10,12-15H2,1-4H3. The number of hydrogen-bond acceptors (Lipinski definition) is 9. The molecular formula is C27H39ClO9. The molecule has 0 spiro atoms. The van der Waals surface area contributed by atoms with Crippen molar-refractivity contribution in [2.45, 2.75) is 109 Å². The smallest absolute Gasteiger partial charge is 0.310 e. The molecule has 2 heterocycles. The number of esters is 3. The lowest BCUT2D eigenvalue weighted by atomic mass is 10.0. The molecule has 0 aromatic carbocycles. The van der Waals surface area contributed by atoms with Gasteiger partial charge in [0, 0.05) is 24.8 Å². The zero-order valence-electron chi connectivity index (χ0n) is 22.0. The second-order valence-electron chi connectivity index (χ2n) is 9.57. The van der Waals surface area contributed by atoms with Gasteiger partial charge in [-0.15, -0.1) is 0 Å². The van der Waals surface area contributed by atoms with E-state index in [4.69, 9.17) is 30.5 Å². The van der Waals surface area contributed by atoms with Crippen molar-refractivity contribution in [2.75, 3.05) is 6.61 Å². The molecule has 2 N–H and O–H groups in total. The van der Waals surface area contributed by atoms with Gasteiger partial charge in [-0.1, -0.05) is 48.7 Å². The lowest BCUT2D eigenvalue weighted by Crippen LogP contribution is -2.37. The average Bonchev–Trinajstić information content (AvgIpc) is 3.19. The molecule has 37 heavy (non-hydrogen) atoms. The number of carbonyl (C=O) groups excluding carboxylic acids is 3. The third-order valence-corrected chi connectivity index (χ3v) is 6.60. The fourth-order valence-electron chi connectivity index (χ4n) is 4.23. The van der Waals surface area contributed by atoms with Gasteiger partial charge < -0.3 is 29.2 Å². The Morgan fingerprint density at radius 2 is 2.00 bits per heavy atom. The van der Waals surface area contributed by atoms with Gasteiger partial charge in [-0.2, -0.15) is 0 Å². The fraction of sp³-hybridized carbons (Fsp3) is 0.667. The molecule has 0 aromatic heterocycles. The van der Waals surface area contributed by atoms with E-state index in [9.17, 15) is 24.6 Å². The highest BCUT2D eigenvalue weighted by Gasteiger charge is 2.42. The van der Waals surface area contributed by atoms with E-state index in [-0.39, 0.29) is 30.7 Å². The molecule has 2 bridgehead atoms. The Balaban J connectivity index is 2.21. The zero-order valence-corrected chi connectivity index (χ0v) is 22.7. The second-order valence-corrected chi connectivity index (χ2v) is 10.0. The van der Waals surface area contributed by atoms with Gasteiger partial charge in [-0.3, -0.25) is 14.4 Å². The van der Waals surface area contributed by atoms with Gasteiger partial charge in [0.15, 0.2) is 0 Å². The van der Waals surface area contributed by atoms with E-state index in [1.165, 1.54) is 13.0 Å². The van der Waals surface area contributed by atoms with Gasteiger partial charge in [0.25, 0.3) is 0 Å². The summed E-state index contributed by atoms with van der Waals surface area (Å²) < 4.78 is 22.2. The molecule has 6 atom stereocenters. The number of hydrogen-bond donors (Lipinski definition) is 2. The van der Waals surface area contributed by atoms with Crippen LogP contribution in [0.3, 0.4) is 0 Å². The van der Waals surface area contributed by atoms with E-state index < -0.39 is 54.5 Å². The molecule has 2 aliphatic heterocycles. The van der Waals surface area contributed by atoms with Crippen molar-refractivity contribution in [3.8, 4) is 0 Å². The molecule has 2 aliphatic rings. The lowest BCUT2D eigenvalue weighted by molar-refractivity contribution is -0.159. The van der Waals surface area contributed by atoms with Crippen molar-refractivity contribution >= 4 is 29.5 Å². The van der Waals surface area contributed by atoms with Gasteiger partial charge in [0.1, 0.15) is 24.4 Å². The first-order chi connectivity index (χ1) is 17.5. The summed E-state index contributed by atoms with van der Waals surface area (Å²) in [6, 6.07) is 0. The number of halogens is 1. The largest absolute Gasteiger partial charge is 0.465 e. The molecule has 0 saturated carbocycles. The Morgan fingerprint density at radius 1 is 1.27 bits per heavy atom. The first-order valence-electron chi connectivity index (χ1n) is 12.7. The summed E-state index contributed by atoms with van der Waals surface area (Å²) in [5.74, 6) is -1.54. The number of rotatable bonds is 8. The normalized spacial score (nSPS) is 28.4. The molecule has 6 unspecified atom stereocenters. The van der Waals surface area contributed by atoms with Gasteiger partial charge in [-0.25, -0.2) is 0 Å². The van der Waals surface area contributed by atoms with Crippen LogP contribution in [0.1, 0.15) is 72.6 Å². The minimum atomic E-state index is -1.18. The number of ether oxygens (including phenoxy) is 4. The predicted octanol–water partition coefficient (Wildman–Crippen LogP) is 3.64. The Hall–Kier alpha value is -2.20. The van der Waals surface area contributed by atoms with Crippen LogP contribution in [-0.4, -0.2) is 71.4 Å². The fourth-order valence-corrected chi connectivity index (χ4v) is 4.41. The number of aliphatic hydroxyl groups excluding tert-OH is 2. The summed E-state index contributed by atoms with van der Waals surface area (Å²) in [6.07, 6.45) is 1.84. The number of carbonyl (C=O) groups is 3. The van der Waals surface area contributed by atoms with Crippen LogP contribution >= 0.6 is 11.6 Å². The Bertz CT molecular complexity index is 894. The molecule has 2 rings (SSSR count). The van der Waals surface area contributed by atoms with E-state index in [0.29, 0.717) is 24.2 Å². The molecule has 208 valence electrons. The molecule has 10 heteroatoms. The SMILES string of the molecule is CCCCOC(=O)CC(C)=CC(O)C1OC2CC(O)C(Cl)=CCC=C(C)C(OC(C)=O)CC(=O)OC1C2. The topological polar surface area (TPSA) is 129 Å². The van der Waals surface area contributed by atoms with Crippen molar-refractivity contribution in [1.82, 2.24) is 0 Å². The minimum absolute atomic E-state index is 0.0101. The summed E-state index contributed by atoms with van der Waals surface area (Å²) >= 11 is 6.28. The quantitative estimate of drug-likeness (QED) is 0.204. The maximum atomic E-state index is 12.8. The summed E-state index contributed by atoms with van der Waals surface area (Å²) in [5.41, 5.74) is 1.22. The van der Waals surface area contributed by atoms with Crippen LogP contribution in [0.4, 0.5) is 0 Å². The summed E-state index contributed by atoms with van der Waals surface area (Å²) in [5, 5.41) is 21.7. The van der Waals surface area contributed by atoms with Crippen molar-refractivity contribution in [3.05, 3.63) is 34.4 Å². The Labute approximate surface area is 223 Å². The predicted molar refractivity (Wildman–Crippen MR) is 137 cm³/mol. The first kappa shape index (κ1) is 31.0. The maximum Gasteiger partial charge on any atom is 0.310 e. The maximum absolute atomic E-state index is 12.8. The summed E-state index contributed by atoms with van der Waals surface area (Å²) in [6.45, 7) is 7.03. The zero-order chi connectivity index (χ0) is 27.5. The van der Waals surface area contributed by atoms with E-state index in [2.05, 4.69) is 0 Å². The molecule has 9 nitrogen and oxygen atoms in total. The van der Waals surface area contributed by atoms with Crippen molar-refractivity contribution < 1.29 is 43.5 Å². The molecule has 0 radical (unpaired) electrons. The molecule has 1 fully saturated rings. The highest BCUT2D eigenvalue weighted by atomic mass is 35.5. The average molecular weight is 543 g/mol. The van der Waals surface area contributed by atoms with E-state index in [0.717, 1.165) is 12.8 Å². The second kappa shape index (κ2) is 15.3. The van der Waals surface area contributed by atoms with Crippen LogP contribution in [-0.2, 0) is 33.3 Å². The van der Waals surface area contributed by atoms with Crippen LogP contribution in [0.2, 0.25) is 0 Å². The number of aliphatic hydroxyl groups is 2. The summed E-state index contributed by atoms with van der Waals surface area (Å²) in [4.78, 5) is 36.4. The molecule has 0 aromatic rings. The molecular weight excluding hydrogens is 504 g/mol. The number of fused-ring (bicyclic) bond motifs is 2. The summed E-state index contributed by atoms with van der Waals surface area (Å²) in [7, 11) is 0. The molecule has 1 saturated heterocycles. The highest BCUT2D eigenvalue weighted by Crippen LogP contribution is 2.32. The van der Waals surface area contributed by atoms with Crippen LogP contribution in [0.5, 0.6) is 0 Å². The van der Waals surface area contributed by atoms with Crippen molar-refractivity contribution in [2.24, 2.45) is 0 Å². The lowest BCUT2D eigenvalue weighted by Gasteiger charge is -2.24. The van der Waals surface area contributed by atoms with Crippen LogP contribution < -0.4 is 0 Å². The Kier molecular flexibility index (Phi) is 12.8. The van der Waals surface area contributed by atoms with Crippen molar-refractivity contribution in [3.63, 3.8) is 0 Å². The third-order valence-electron chi connectivity index (χ3n) is 6.20. The van der Waals surface area contributed by atoms with E-state index in [1.807, 2.05) is 6.92 Å². The van der Waals surface area contributed by atoms with Crippen LogP contribution in [0.25, 0.3) is 0 Å². The van der Waals surface area contributed by atoms with Gasteiger partial charge in [-0.05, 0) is 32.3 Å². The third kappa shape index (κ3) is 10.6. The molecule has 0 aliphatic carbocycles. The monoisotopic (exact) mass is 542 g/mol. The van der Waals surface area contributed by atoms with Gasteiger partial charge >= 0.3 is 17.9 Å². The number of unbranched alkanes of at least 4 members (excludes halogenated alkanes) is 1. The molecule has 0 amide bonds. The Morgan fingerprint density at radius 3 is 2.68 bits per heavy atom. The minimum Gasteiger partial charge on any atom is -0.465 e. The van der Waals surface area contributed by atoms with Gasteiger partial charge in [0.2, 0.25) is 0 Å². The number of allylic oxidation sites excluding steroid dienone is 2. The van der Waals surface area contributed by atoms with Gasteiger partial charge in [0.05, 0.1) is 31.7 Å². The van der Waals surface area contributed by atoms with Crippen LogP contribution in [0.15, 0.2) is 34.4 Å². The highest BCUT2D eigenvalue weighted by molar-refractivity contribution is 6.30. The van der Waals surface area contributed by atoms with E-state index in [1.54, 1.807) is 26.0 Å². The first-order valence-corrected chi connectivity index (χ1v) is 13.1. The van der Waals surface area contributed by atoms with Crippen LogP contribution in [0, 0.1) is 0 Å². The van der Waals surface area contributed by atoms with Crippen molar-refractivity contribution in [1.29, 1.82) is 0 Å².